The summed E-state index contributed by atoms with van der Waals surface area (Å²) in [4.78, 5) is 18.8. The van der Waals surface area contributed by atoms with Crippen LogP contribution in [0.3, 0.4) is 0 Å². The second-order valence-corrected chi connectivity index (χ2v) is 10.3. The standard InChI is InChI=1S/C28H33N5O2S/c1-19-6-5-7-25(36(4)35)24(19)18-33-26(34)15-10-21-9-8-20(2)27(32-28(21)33)31-23-13-11-22(12-14-23)30-17-16-29-3/h5-7,9-15,29-31H,8,16-18H2,1-4H3. The molecule has 1 aromatic heterocycles. The number of hydrogen-bond donors (Lipinski definition) is 3. The molecule has 8 heteroatoms. The first-order valence-corrected chi connectivity index (χ1v) is 13.6. The van der Waals surface area contributed by atoms with Crippen LogP contribution in [0.5, 0.6) is 0 Å². The minimum absolute atomic E-state index is 0.141. The van der Waals surface area contributed by atoms with Crippen molar-refractivity contribution in [2.45, 2.75) is 31.7 Å². The molecule has 0 fully saturated rings. The van der Waals surface area contributed by atoms with Crippen LogP contribution >= 0.6 is 0 Å². The van der Waals surface area contributed by atoms with Crippen LogP contribution in [0.2, 0.25) is 0 Å². The molecule has 3 N–H and O–H groups in total. The highest BCUT2D eigenvalue weighted by Gasteiger charge is 2.14. The smallest absolute Gasteiger partial charge is 0.252 e. The lowest BCUT2D eigenvalue weighted by Gasteiger charge is -2.14. The Balaban J connectivity index is 1.72. The summed E-state index contributed by atoms with van der Waals surface area (Å²) in [5.41, 5.74) is 5.40. The summed E-state index contributed by atoms with van der Waals surface area (Å²) in [7, 11) is 0.767. The second-order valence-electron chi connectivity index (χ2n) is 8.92. The SMILES string of the molecule is CNCCNc1ccc(NC2=C(C)CC=c3ccc(=O)n(Cc4c(C)cccc4S(C)=O)c3=N2)cc1. The third kappa shape index (κ3) is 5.83. The number of likely N-dealkylation sites (N-methyl/N-ethyl adjacent to an activating group) is 1. The molecule has 1 aliphatic heterocycles. The maximum atomic E-state index is 13.1. The van der Waals surface area contributed by atoms with E-state index in [9.17, 15) is 9.00 Å². The first kappa shape index (κ1) is 25.6. The molecule has 1 aliphatic rings. The van der Waals surface area contributed by atoms with E-state index >= 15 is 0 Å². The van der Waals surface area contributed by atoms with Crippen LogP contribution in [0, 0.1) is 6.92 Å². The number of hydrogen-bond acceptors (Lipinski definition) is 6. The fourth-order valence-corrected chi connectivity index (χ4v) is 5.01. The fourth-order valence-electron chi connectivity index (χ4n) is 4.16. The molecule has 4 rings (SSSR count). The molecular formula is C28H33N5O2S. The fraction of sp³-hybridized carbons (Fsp3) is 0.286. The molecule has 0 bridgehead atoms. The molecule has 0 radical (unpaired) electrons. The highest BCUT2D eigenvalue weighted by molar-refractivity contribution is 7.84. The lowest BCUT2D eigenvalue weighted by molar-refractivity contribution is 0.675. The lowest BCUT2D eigenvalue weighted by atomic mass is 10.1. The summed E-state index contributed by atoms with van der Waals surface area (Å²) < 4.78 is 14.1. The van der Waals surface area contributed by atoms with Crippen LogP contribution in [0.25, 0.3) is 6.08 Å². The number of anilines is 2. The molecule has 188 valence electrons. The van der Waals surface area contributed by atoms with Gasteiger partial charge in [0.25, 0.3) is 5.56 Å². The van der Waals surface area contributed by atoms with E-state index in [1.165, 1.54) is 0 Å². The quantitative estimate of drug-likeness (QED) is 0.391. The van der Waals surface area contributed by atoms with Crippen molar-refractivity contribution in [3.63, 3.8) is 0 Å². The van der Waals surface area contributed by atoms with E-state index in [1.54, 1.807) is 16.9 Å². The zero-order chi connectivity index (χ0) is 25.7. The van der Waals surface area contributed by atoms with Gasteiger partial charge in [-0.05, 0) is 80.4 Å². The first-order chi connectivity index (χ1) is 17.4. The van der Waals surface area contributed by atoms with Gasteiger partial charge in [-0.15, -0.1) is 0 Å². The van der Waals surface area contributed by atoms with E-state index in [0.717, 1.165) is 63.5 Å². The Bertz CT molecular complexity index is 1490. The Hall–Kier alpha value is -3.49. The molecule has 1 unspecified atom stereocenters. The zero-order valence-corrected chi connectivity index (χ0v) is 22.0. The second kappa shape index (κ2) is 11.5. The van der Waals surface area contributed by atoms with Gasteiger partial charge in [-0.25, -0.2) is 4.99 Å². The molecule has 1 atom stereocenters. The van der Waals surface area contributed by atoms with Gasteiger partial charge in [-0.2, -0.15) is 0 Å². The third-order valence-corrected chi connectivity index (χ3v) is 7.28. The van der Waals surface area contributed by atoms with Crippen molar-refractivity contribution in [1.82, 2.24) is 9.88 Å². The normalized spacial score (nSPS) is 13.8. The summed E-state index contributed by atoms with van der Waals surface area (Å²) in [6.45, 7) is 6.07. The number of rotatable bonds is 9. The number of nitrogens with zero attached hydrogens (tertiary/aromatic N) is 2. The van der Waals surface area contributed by atoms with E-state index in [4.69, 9.17) is 4.99 Å². The topological polar surface area (TPSA) is 87.5 Å². The Morgan fingerprint density at radius 3 is 2.47 bits per heavy atom. The van der Waals surface area contributed by atoms with E-state index < -0.39 is 10.8 Å². The van der Waals surface area contributed by atoms with Crippen LogP contribution in [-0.4, -0.2) is 35.2 Å². The molecular weight excluding hydrogens is 470 g/mol. The van der Waals surface area contributed by atoms with Crippen molar-refractivity contribution >= 4 is 28.3 Å². The van der Waals surface area contributed by atoms with Crippen molar-refractivity contribution in [3.8, 4) is 0 Å². The maximum Gasteiger partial charge on any atom is 0.252 e. The molecule has 36 heavy (non-hydrogen) atoms. The third-order valence-electron chi connectivity index (χ3n) is 6.28. The van der Waals surface area contributed by atoms with Crippen LogP contribution in [0.4, 0.5) is 11.4 Å². The Morgan fingerprint density at radius 2 is 1.75 bits per heavy atom. The predicted octanol–water partition coefficient (Wildman–Crippen LogP) is 2.72. The van der Waals surface area contributed by atoms with Gasteiger partial charge in [0.2, 0.25) is 0 Å². The number of aromatic nitrogens is 1. The number of allylic oxidation sites excluding steroid dienone is 1. The highest BCUT2D eigenvalue weighted by atomic mass is 32.2. The van der Waals surface area contributed by atoms with Crippen LogP contribution in [0.15, 0.2) is 80.7 Å². The molecule has 3 aromatic rings. The summed E-state index contributed by atoms with van der Waals surface area (Å²) in [5, 5.41) is 10.8. The number of aryl methyl sites for hydroxylation is 1. The lowest BCUT2D eigenvalue weighted by Crippen LogP contribution is -2.43. The maximum absolute atomic E-state index is 13.1. The molecule has 0 spiro atoms. The molecule has 0 saturated carbocycles. The average molecular weight is 504 g/mol. The number of benzene rings is 2. The summed E-state index contributed by atoms with van der Waals surface area (Å²) in [6.07, 6.45) is 4.49. The van der Waals surface area contributed by atoms with Gasteiger partial charge in [-0.3, -0.25) is 13.6 Å². The molecule has 0 saturated heterocycles. The Kier molecular flexibility index (Phi) is 8.18. The van der Waals surface area contributed by atoms with Crippen molar-refractivity contribution in [2.24, 2.45) is 4.99 Å². The van der Waals surface area contributed by atoms with Gasteiger partial charge in [0.15, 0.2) is 0 Å². The van der Waals surface area contributed by atoms with Gasteiger partial charge in [-0.1, -0.05) is 18.2 Å². The Labute approximate surface area is 214 Å². The van der Waals surface area contributed by atoms with E-state index in [-0.39, 0.29) is 5.56 Å². The first-order valence-electron chi connectivity index (χ1n) is 12.0. The van der Waals surface area contributed by atoms with Gasteiger partial charge in [0.1, 0.15) is 11.3 Å². The van der Waals surface area contributed by atoms with Gasteiger partial charge < -0.3 is 16.0 Å². The summed E-state index contributed by atoms with van der Waals surface area (Å²) >= 11 is 0. The molecule has 0 aliphatic carbocycles. The molecule has 2 aromatic carbocycles. The number of pyridine rings is 1. The summed E-state index contributed by atoms with van der Waals surface area (Å²) in [5.74, 6) is 0.726. The van der Waals surface area contributed by atoms with Crippen molar-refractivity contribution in [3.05, 3.63) is 98.2 Å². The van der Waals surface area contributed by atoms with Crippen molar-refractivity contribution in [1.29, 1.82) is 0 Å². The largest absolute Gasteiger partial charge is 0.384 e. The Morgan fingerprint density at radius 1 is 1.00 bits per heavy atom. The highest BCUT2D eigenvalue weighted by Crippen LogP contribution is 2.20. The van der Waals surface area contributed by atoms with E-state index in [0.29, 0.717) is 12.0 Å². The average Bonchev–Trinajstić information content (AvgIpc) is 3.01. The summed E-state index contributed by atoms with van der Waals surface area (Å²) in [6, 6.07) is 17.3. The number of fused-ring (bicyclic) bond motifs is 1. The van der Waals surface area contributed by atoms with Crippen molar-refractivity contribution in [2.75, 3.05) is 37.0 Å². The molecule has 2 heterocycles. The molecule has 0 amide bonds. The van der Waals surface area contributed by atoms with Crippen LogP contribution < -0.4 is 32.2 Å². The predicted molar refractivity (Wildman–Crippen MR) is 148 cm³/mol. The monoisotopic (exact) mass is 503 g/mol. The van der Waals surface area contributed by atoms with Crippen molar-refractivity contribution < 1.29 is 4.21 Å². The molecule has 7 nitrogen and oxygen atoms in total. The van der Waals surface area contributed by atoms with Gasteiger partial charge in [0.05, 0.1) is 17.3 Å². The van der Waals surface area contributed by atoms with E-state index in [1.807, 2.05) is 69.4 Å². The van der Waals surface area contributed by atoms with Gasteiger partial charge in [0, 0.05) is 46.9 Å². The zero-order valence-electron chi connectivity index (χ0n) is 21.2. The van der Waals surface area contributed by atoms with Crippen LogP contribution in [-0.2, 0) is 17.3 Å². The van der Waals surface area contributed by atoms with Crippen LogP contribution in [0.1, 0.15) is 24.5 Å². The van der Waals surface area contributed by atoms with E-state index in [2.05, 4.69) is 22.0 Å². The minimum Gasteiger partial charge on any atom is -0.384 e. The minimum atomic E-state index is -1.16. The van der Waals surface area contributed by atoms with Gasteiger partial charge >= 0.3 is 0 Å². The number of nitrogens with one attached hydrogen (secondary N) is 3.